The molecule has 2 aliphatic heterocycles. The van der Waals surface area contributed by atoms with Crippen LogP contribution in [0.3, 0.4) is 0 Å². The molecule has 6 aromatic carbocycles. The third-order valence-corrected chi connectivity index (χ3v) is 12.1. The smallest absolute Gasteiger partial charge is 0.656 e. The van der Waals surface area contributed by atoms with Crippen LogP contribution in [0, 0.1) is 26.3 Å². The number of hydrogen-bond acceptors (Lipinski definition) is 8. The molecular formula is C51H41N7O2PtS. The van der Waals surface area contributed by atoms with Crippen LogP contribution in [-0.2, 0) is 30.9 Å². The molecule has 0 amide bonds. The van der Waals surface area contributed by atoms with Crippen LogP contribution in [0.4, 0.5) is 40.1 Å². The van der Waals surface area contributed by atoms with E-state index in [-0.39, 0.29) is 42.5 Å². The maximum Gasteiger partial charge on any atom is 4.00 e. The average Bonchev–Trinajstić information content (AvgIpc) is 3.73. The molecule has 0 saturated heterocycles. The monoisotopic (exact) mass is 1020 g/mol. The summed E-state index contributed by atoms with van der Waals surface area (Å²) in [4.78, 5) is 13.3. The van der Waals surface area contributed by atoms with E-state index >= 15 is 0 Å². The molecule has 0 fully saturated rings. The maximum absolute atomic E-state index is 12.2. The van der Waals surface area contributed by atoms with E-state index in [9.17, 15) is 8.42 Å². The summed E-state index contributed by atoms with van der Waals surface area (Å²) in [5.74, 6) is 0.564. The zero-order valence-corrected chi connectivity index (χ0v) is 36.2. The summed E-state index contributed by atoms with van der Waals surface area (Å²) in [7, 11) is -3.40. The third kappa shape index (κ3) is 8.31. The van der Waals surface area contributed by atoms with E-state index in [1.165, 1.54) is 13.3 Å². The average molecular weight is 1020 g/mol. The van der Waals surface area contributed by atoms with Gasteiger partial charge in [0.05, 0.1) is 15.5 Å². The predicted molar refractivity (Wildman–Crippen MR) is 247 cm³/mol. The van der Waals surface area contributed by atoms with Crippen molar-refractivity contribution >= 4 is 49.9 Å². The van der Waals surface area contributed by atoms with Gasteiger partial charge in [-0.3, -0.25) is 0 Å². The largest absolute Gasteiger partial charge is 4.00 e. The summed E-state index contributed by atoms with van der Waals surface area (Å²) < 4.78 is 74.1. The van der Waals surface area contributed by atoms with Crippen LogP contribution < -0.4 is 20.0 Å². The van der Waals surface area contributed by atoms with Crippen molar-refractivity contribution in [3.05, 3.63) is 206 Å². The minimum atomic E-state index is -3.40. The number of rotatable bonds is 8. The Hall–Kier alpha value is -6.74. The van der Waals surface area contributed by atoms with Gasteiger partial charge in [0.25, 0.3) is 0 Å². The van der Waals surface area contributed by atoms with Crippen LogP contribution >= 0.6 is 0 Å². The summed E-state index contributed by atoms with van der Waals surface area (Å²) >= 11 is 0. The molecule has 0 radical (unpaired) electrons. The van der Waals surface area contributed by atoms with E-state index in [0.29, 0.717) is 34.0 Å². The fraction of sp³-hybridized carbons (Fsp3) is 0.0588. The van der Waals surface area contributed by atoms with Gasteiger partial charge in [-0.1, -0.05) is 121 Å². The molecule has 0 bridgehead atoms. The van der Waals surface area contributed by atoms with Gasteiger partial charge in [0.15, 0.2) is 0 Å². The van der Waals surface area contributed by atoms with Crippen molar-refractivity contribution in [3.63, 3.8) is 0 Å². The van der Waals surface area contributed by atoms with Crippen LogP contribution in [0.2, 0.25) is 0 Å². The molecule has 0 unspecified atom stereocenters. The first-order valence-electron chi connectivity index (χ1n) is 22.3. The summed E-state index contributed by atoms with van der Waals surface area (Å²) in [5.41, 5.74) is 8.94. The molecule has 2 aliphatic rings. The molecule has 0 spiro atoms. The molecule has 9 nitrogen and oxygen atoms in total. The maximum atomic E-state index is 12.2. The molecule has 10 rings (SSSR count). The van der Waals surface area contributed by atoms with E-state index in [0.717, 1.165) is 43.2 Å². The van der Waals surface area contributed by atoms with Gasteiger partial charge in [-0.15, -0.1) is 46.5 Å². The Labute approximate surface area is 386 Å². The summed E-state index contributed by atoms with van der Waals surface area (Å²) in [6.07, 6.45) is 3.11. The van der Waals surface area contributed by atoms with Gasteiger partial charge in [0.2, 0.25) is 9.84 Å². The van der Waals surface area contributed by atoms with Gasteiger partial charge in [-0.05, 0) is 84.6 Å². The van der Waals surface area contributed by atoms with Gasteiger partial charge < -0.3 is 25.3 Å². The Bertz CT molecular complexity index is 3090. The summed E-state index contributed by atoms with van der Waals surface area (Å²) in [6, 6.07) is 54.3. The third-order valence-electron chi connectivity index (χ3n) is 10.2. The second kappa shape index (κ2) is 18.1. The molecule has 0 saturated carbocycles. The minimum absolute atomic E-state index is 0. The number of sulfone groups is 1. The number of pyridine rings is 2. The number of nitrogens with one attached hydrogen (secondary N) is 1. The zero-order valence-electron chi connectivity index (χ0n) is 39.1. The minimum Gasteiger partial charge on any atom is -0.656 e. The second-order valence-corrected chi connectivity index (χ2v) is 16.1. The SMILES string of the molecule is O=S1(=O)c2ccccc2[N-]c2ccccc21.[2H]C([2H])([2H])N([CH-]Nc1[c-]c(N2[CH-]N(C([2H])([2H])[2H])c3ncccc32)cc(-c2c(-c3ccccc3)cccc2-c2ccccc2)c1)c1ncccc1C.[Pt+4]. The van der Waals surface area contributed by atoms with Crippen molar-refractivity contribution in [1.29, 1.82) is 0 Å². The van der Waals surface area contributed by atoms with Gasteiger partial charge in [0, 0.05) is 20.6 Å². The quantitative estimate of drug-likeness (QED) is 0.150. The molecular weight excluding hydrogens is 970 g/mol. The van der Waals surface area contributed by atoms with Crippen molar-refractivity contribution in [3.8, 4) is 33.4 Å². The number of aryl methyl sites for hydroxylation is 1. The van der Waals surface area contributed by atoms with E-state index in [2.05, 4.69) is 63.1 Å². The van der Waals surface area contributed by atoms with Crippen LogP contribution in [0.1, 0.15) is 13.8 Å². The van der Waals surface area contributed by atoms with Crippen molar-refractivity contribution in [2.24, 2.45) is 0 Å². The van der Waals surface area contributed by atoms with E-state index in [1.807, 2.05) is 54.6 Å². The van der Waals surface area contributed by atoms with Gasteiger partial charge in [0.1, 0.15) is 11.6 Å². The van der Waals surface area contributed by atoms with Gasteiger partial charge in [-0.25, -0.2) is 18.4 Å². The van der Waals surface area contributed by atoms with Crippen molar-refractivity contribution in [1.82, 2.24) is 9.97 Å². The normalized spacial score (nSPS) is 14.8. The van der Waals surface area contributed by atoms with E-state index in [4.69, 9.17) is 8.22 Å². The first kappa shape index (κ1) is 34.9. The zero-order chi connectivity index (χ0) is 46.9. The summed E-state index contributed by atoms with van der Waals surface area (Å²) in [5, 5.41) is 7.52. The number of fused-ring (bicyclic) bond motifs is 3. The Morgan fingerprint density at radius 1 is 0.726 bits per heavy atom. The van der Waals surface area contributed by atoms with E-state index < -0.39 is 23.8 Å². The molecule has 62 heavy (non-hydrogen) atoms. The van der Waals surface area contributed by atoms with Crippen LogP contribution in [0.25, 0.3) is 38.7 Å². The first-order chi connectivity index (χ1) is 32.2. The predicted octanol–water partition coefficient (Wildman–Crippen LogP) is 12.1. The van der Waals surface area contributed by atoms with Crippen LogP contribution in [0.15, 0.2) is 186 Å². The number of benzene rings is 6. The van der Waals surface area contributed by atoms with Gasteiger partial charge in [-0.2, -0.15) is 13.3 Å². The Morgan fingerprint density at radius 2 is 1.34 bits per heavy atom. The van der Waals surface area contributed by atoms with Crippen molar-refractivity contribution < 1.29 is 37.7 Å². The molecule has 8 aromatic rings. The second-order valence-electron chi connectivity index (χ2n) is 14.2. The molecule has 2 aromatic heterocycles. The van der Waals surface area contributed by atoms with Gasteiger partial charge >= 0.3 is 21.1 Å². The van der Waals surface area contributed by atoms with Crippen LogP contribution in [-0.4, -0.2) is 32.3 Å². The molecule has 308 valence electrons. The standard InChI is InChI=1S/C39H33N6.C12H8NO2S.Pt/c1-28-13-11-21-40-38(28)43(2)26-42-32-23-31(24-33(25-32)45-27-44(3)39-36(45)20-12-22-41-39)37-34(29-14-6-4-7-15-29)18-10-19-35(37)30-16-8-5-9-17-30;14-16(15)11-7-3-1-5-9(11)13-10-6-2-4-8-12(10)16;/h4-24,26-27,42H,1-3H3;1-8H;/q-3;-1;+4/i2D3,3D3;;. The fourth-order valence-corrected chi connectivity index (χ4v) is 8.93. The molecule has 11 heteroatoms. The number of aromatic nitrogens is 2. The number of hydrogen-bond donors (Lipinski definition) is 1. The van der Waals surface area contributed by atoms with Crippen LogP contribution in [0.5, 0.6) is 0 Å². The Balaban J connectivity index is 0.000000308. The van der Waals surface area contributed by atoms with Crippen molar-refractivity contribution in [2.75, 3.05) is 34.0 Å². The molecule has 0 aliphatic carbocycles. The topological polar surface area (TPSA) is 95.8 Å². The molecule has 0 atom stereocenters. The number of para-hydroxylation sites is 2. The molecule has 4 heterocycles. The first-order valence-corrected chi connectivity index (χ1v) is 20.8. The summed E-state index contributed by atoms with van der Waals surface area (Å²) in [6.45, 7) is -0.370. The molecule has 1 N–H and O–H groups in total. The fourth-order valence-electron chi connectivity index (χ4n) is 7.40. The number of nitrogens with zero attached hydrogens (tertiary/aromatic N) is 6. The number of anilines is 5. The van der Waals surface area contributed by atoms with Crippen molar-refractivity contribution in [2.45, 2.75) is 16.7 Å². The Kier molecular flexibility index (Phi) is 10.2. The van der Waals surface area contributed by atoms with E-state index in [1.54, 1.807) is 97.0 Å². The Morgan fingerprint density at radius 3 is 1.97 bits per heavy atom.